The molecular formula is C18H14FN3O. The second-order valence-corrected chi connectivity index (χ2v) is 4.91. The number of nitrogens with one attached hydrogen (secondary N) is 2. The third-order valence-electron chi connectivity index (χ3n) is 3.18. The first-order valence-corrected chi connectivity index (χ1v) is 7.05. The monoisotopic (exact) mass is 307 g/mol. The predicted octanol–water partition coefficient (Wildman–Crippen LogP) is 4.22. The van der Waals surface area contributed by atoms with Gasteiger partial charge in [0.2, 0.25) is 0 Å². The largest absolute Gasteiger partial charge is 0.355 e. The molecule has 0 aliphatic carbocycles. The molecule has 0 bridgehead atoms. The first kappa shape index (κ1) is 14.7. The van der Waals surface area contributed by atoms with Gasteiger partial charge in [-0.3, -0.25) is 9.78 Å². The van der Waals surface area contributed by atoms with Crippen molar-refractivity contribution in [3.8, 4) is 0 Å². The number of aromatic nitrogens is 1. The van der Waals surface area contributed by atoms with E-state index >= 15 is 0 Å². The van der Waals surface area contributed by atoms with Gasteiger partial charge in [0.05, 0.1) is 5.56 Å². The Labute approximate surface area is 133 Å². The summed E-state index contributed by atoms with van der Waals surface area (Å²) in [4.78, 5) is 15.9. The molecule has 3 rings (SSSR count). The molecule has 23 heavy (non-hydrogen) atoms. The van der Waals surface area contributed by atoms with E-state index in [4.69, 9.17) is 0 Å². The summed E-state index contributed by atoms with van der Waals surface area (Å²) >= 11 is 0. The molecule has 0 aliphatic rings. The summed E-state index contributed by atoms with van der Waals surface area (Å²) in [6, 6.07) is 16.8. The third-order valence-corrected chi connectivity index (χ3v) is 3.18. The lowest BCUT2D eigenvalue weighted by molar-refractivity contribution is 0.102. The van der Waals surface area contributed by atoms with Crippen LogP contribution in [0.3, 0.4) is 0 Å². The number of anilines is 3. The molecule has 0 saturated heterocycles. The van der Waals surface area contributed by atoms with Crippen molar-refractivity contribution in [3.05, 3.63) is 84.4 Å². The van der Waals surface area contributed by atoms with Gasteiger partial charge >= 0.3 is 0 Å². The fourth-order valence-corrected chi connectivity index (χ4v) is 2.07. The van der Waals surface area contributed by atoms with Crippen LogP contribution in [0.1, 0.15) is 10.4 Å². The van der Waals surface area contributed by atoms with Gasteiger partial charge in [-0.2, -0.15) is 0 Å². The maximum absolute atomic E-state index is 13.1. The Morgan fingerprint density at radius 1 is 0.913 bits per heavy atom. The lowest BCUT2D eigenvalue weighted by Crippen LogP contribution is -2.11. The Bertz CT molecular complexity index is 804. The van der Waals surface area contributed by atoms with E-state index in [0.717, 1.165) is 5.69 Å². The molecule has 0 atom stereocenters. The van der Waals surface area contributed by atoms with E-state index in [1.54, 1.807) is 42.6 Å². The molecule has 1 amide bonds. The van der Waals surface area contributed by atoms with Crippen LogP contribution in [0, 0.1) is 5.82 Å². The highest BCUT2D eigenvalue weighted by atomic mass is 19.1. The number of nitrogens with zero attached hydrogens (tertiary/aromatic N) is 1. The first-order chi connectivity index (χ1) is 11.2. The van der Waals surface area contributed by atoms with Crippen LogP contribution >= 0.6 is 0 Å². The van der Waals surface area contributed by atoms with Gasteiger partial charge in [0.25, 0.3) is 5.91 Å². The van der Waals surface area contributed by atoms with E-state index in [0.29, 0.717) is 16.9 Å². The number of pyridine rings is 1. The van der Waals surface area contributed by atoms with Crippen LogP contribution in [0.15, 0.2) is 73.1 Å². The molecule has 1 heterocycles. The summed E-state index contributed by atoms with van der Waals surface area (Å²) < 4.78 is 13.1. The average Bonchev–Trinajstić information content (AvgIpc) is 2.57. The molecule has 0 fully saturated rings. The van der Waals surface area contributed by atoms with Gasteiger partial charge in [0.15, 0.2) is 0 Å². The normalized spacial score (nSPS) is 10.1. The van der Waals surface area contributed by atoms with Gasteiger partial charge in [-0.05, 0) is 54.6 Å². The van der Waals surface area contributed by atoms with Gasteiger partial charge < -0.3 is 10.6 Å². The predicted molar refractivity (Wildman–Crippen MR) is 88.3 cm³/mol. The van der Waals surface area contributed by atoms with Crippen LogP contribution in [0.25, 0.3) is 0 Å². The van der Waals surface area contributed by atoms with Crippen LogP contribution in [0.5, 0.6) is 0 Å². The molecule has 4 nitrogen and oxygen atoms in total. The van der Waals surface area contributed by atoms with Crippen molar-refractivity contribution < 1.29 is 9.18 Å². The summed E-state index contributed by atoms with van der Waals surface area (Å²) in [5.41, 5.74) is 2.63. The smallest absolute Gasteiger partial charge is 0.257 e. The van der Waals surface area contributed by atoms with Gasteiger partial charge in [-0.15, -0.1) is 0 Å². The second kappa shape index (κ2) is 6.70. The third kappa shape index (κ3) is 3.91. The molecule has 2 N–H and O–H groups in total. The number of amides is 1. The standard InChI is InChI=1S/C18H14FN3O/c19-14-4-1-5-17(11-14)21-15-6-8-16(9-7-15)22-18(23)13-3-2-10-20-12-13/h1-12,21H,(H,22,23). The molecule has 3 aromatic rings. The molecule has 2 aromatic carbocycles. The van der Waals surface area contributed by atoms with Crippen LogP contribution in [0.2, 0.25) is 0 Å². The number of hydrogen-bond donors (Lipinski definition) is 2. The molecule has 114 valence electrons. The van der Waals surface area contributed by atoms with Crippen molar-refractivity contribution in [1.29, 1.82) is 0 Å². The minimum Gasteiger partial charge on any atom is -0.355 e. The molecule has 0 spiro atoms. The van der Waals surface area contributed by atoms with Crippen molar-refractivity contribution in [1.82, 2.24) is 4.98 Å². The van der Waals surface area contributed by atoms with Gasteiger partial charge in [-0.25, -0.2) is 4.39 Å². The van der Waals surface area contributed by atoms with Crippen LogP contribution in [0.4, 0.5) is 21.5 Å². The van der Waals surface area contributed by atoms with Crippen molar-refractivity contribution in [3.63, 3.8) is 0 Å². The van der Waals surface area contributed by atoms with Crippen LogP contribution in [-0.4, -0.2) is 10.9 Å². The number of hydrogen-bond acceptors (Lipinski definition) is 3. The van der Waals surface area contributed by atoms with Gasteiger partial charge in [0, 0.05) is 29.5 Å². The number of halogens is 1. The van der Waals surface area contributed by atoms with E-state index in [1.807, 2.05) is 12.1 Å². The fraction of sp³-hybridized carbons (Fsp3) is 0. The van der Waals surface area contributed by atoms with Crippen molar-refractivity contribution in [2.24, 2.45) is 0 Å². The Morgan fingerprint density at radius 2 is 1.70 bits per heavy atom. The topological polar surface area (TPSA) is 54.0 Å². The number of carbonyl (C=O) groups is 1. The summed E-state index contributed by atoms with van der Waals surface area (Å²) in [5.74, 6) is -0.515. The highest BCUT2D eigenvalue weighted by Crippen LogP contribution is 2.19. The van der Waals surface area contributed by atoms with Crippen molar-refractivity contribution in [2.45, 2.75) is 0 Å². The molecular weight excluding hydrogens is 293 g/mol. The zero-order chi connectivity index (χ0) is 16.1. The Kier molecular flexibility index (Phi) is 4.29. The Morgan fingerprint density at radius 3 is 2.39 bits per heavy atom. The lowest BCUT2D eigenvalue weighted by atomic mass is 10.2. The quantitative estimate of drug-likeness (QED) is 0.759. The van der Waals surface area contributed by atoms with Crippen molar-refractivity contribution in [2.75, 3.05) is 10.6 Å². The summed E-state index contributed by atoms with van der Waals surface area (Å²) in [6.07, 6.45) is 3.12. The summed E-state index contributed by atoms with van der Waals surface area (Å²) in [7, 11) is 0. The average molecular weight is 307 g/mol. The molecule has 0 radical (unpaired) electrons. The lowest BCUT2D eigenvalue weighted by Gasteiger charge is -2.09. The van der Waals surface area contributed by atoms with E-state index in [1.165, 1.54) is 18.3 Å². The second-order valence-electron chi connectivity index (χ2n) is 4.91. The maximum atomic E-state index is 13.1. The summed E-state index contributed by atoms with van der Waals surface area (Å²) in [6.45, 7) is 0. The molecule has 5 heteroatoms. The van der Waals surface area contributed by atoms with E-state index in [-0.39, 0.29) is 11.7 Å². The minimum atomic E-state index is -0.296. The van der Waals surface area contributed by atoms with Crippen molar-refractivity contribution >= 4 is 23.0 Å². The number of rotatable bonds is 4. The fourth-order valence-electron chi connectivity index (χ4n) is 2.07. The highest BCUT2D eigenvalue weighted by Gasteiger charge is 2.05. The van der Waals surface area contributed by atoms with Crippen LogP contribution < -0.4 is 10.6 Å². The zero-order valence-corrected chi connectivity index (χ0v) is 12.2. The SMILES string of the molecule is O=C(Nc1ccc(Nc2cccc(F)c2)cc1)c1cccnc1. The van der Waals surface area contributed by atoms with Gasteiger partial charge in [0.1, 0.15) is 5.82 Å². The zero-order valence-electron chi connectivity index (χ0n) is 12.2. The van der Waals surface area contributed by atoms with E-state index in [2.05, 4.69) is 15.6 Å². The minimum absolute atomic E-state index is 0.219. The first-order valence-electron chi connectivity index (χ1n) is 7.05. The molecule has 1 aromatic heterocycles. The van der Waals surface area contributed by atoms with E-state index in [9.17, 15) is 9.18 Å². The number of carbonyl (C=O) groups excluding carboxylic acids is 1. The van der Waals surface area contributed by atoms with E-state index < -0.39 is 0 Å². The Hall–Kier alpha value is -3.21. The molecule has 0 unspecified atom stereocenters. The molecule has 0 aliphatic heterocycles. The maximum Gasteiger partial charge on any atom is 0.257 e. The van der Waals surface area contributed by atoms with Gasteiger partial charge in [-0.1, -0.05) is 6.07 Å². The van der Waals surface area contributed by atoms with Crippen LogP contribution in [-0.2, 0) is 0 Å². The molecule has 0 saturated carbocycles. The Balaban J connectivity index is 1.66. The number of benzene rings is 2. The highest BCUT2D eigenvalue weighted by molar-refractivity contribution is 6.04. The summed E-state index contributed by atoms with van der Waals surface area (Å²) in [5, 5.41) is 5.89.